The molecule has 9 nitrogen and oxygen atoms in total. The average molecular weight is 343 g/mol. The molecule has 1 aromatic rings. The zero-order valence-corrected chi connectivity index (χ0v) is 12.9. The lowest BCUT2D eigenvalue weighted by atomic mass is 9.99. The van der Waals surface area contributed by atoms with E-state index in [0.717, 1.165) is 0 Å². The molecule has 6 N–H and O–H groups in total. The standard InChI is InChI=1S/C15H21NO8/c1-16-6-9(17)7-3-2-4-8(5-7)23-15-12(20)10(18)11(19)13(24-15)14(21)22/h2-5,9-13,15-20H,6H2,1H3,(H,21,22). The molecule has 0 spiro atoms. The summed E-state index contributed by atoms with van der Waals surface area (Å²) >= 11 is 0. The minimum absolute atomic E-state index is 0.208. The lowest BCUT2D eigenvalue weighted by Gasteiger charge is -2.38. The van der Waals surface area contributed by atoms with Crippen LogP contribution in [0.3, 0.4) is 0 Å². The Bertz CT molecular complexity index is 568. The number of aliphatic carboxylic acids is 1. The number of likely N-dealkylation sites (N-methyl/N-ethyl adjacent to an activating group) is 1. The van der Waals surface area contributed by atoms with Crippen LogP contribution in [0, 0.1) is 0 Å². The molecule has 6 unspecified atom stereocenters. The van der Waals surface area contributed by atoms with Gasteiger partial charge in [-0.15, -0.1) is 0 Å². The summed E-state index contributed by atoms with van der Waals surface area (Å²) in [5, 5.41) is 51.1. The Morgan fingerprint density at radius 2 is 2.00 bits per heavy atom. The van der Waals surface area contributed by atoms with Gasteiger partial charge in [0.1, 0.15) is 24.1 Å². The average Bonchev–Trinajstić information content (AvgIpc) is 2.55. The van der Waals surface area contributed by atoms with Gasteiger partial charge in [0.25, 0.3) is 0 Å². The van der Waals surface area contributed by atoms with Gasteiger partial charge >= 0.3 is 5.97 Å². The lowest BCUT2D eigenvalue weighted by molar-refractivity contribution is -0.271. The van der Waals surface area contributed by atoms with Crippen LogP contribution >= 0.6 is 0 Å². The van der Waals surface area contributed by atoms with E-state index in [4.69, 9.17) is 14.6 Å². The Balaban J connectivity index is 2.14. The molecule has 0 saturated carbocycles. The SMILES string of the molecule is CNCC(O)c1cccc(OC2OC(C(=O)O)C(O)C(O)C2O)c1. The summed E-state index contributed by atoms with van der Waals surface area (Å²) in [7, 11) is 1.69. The maximum atomic E-state index is 11.1. The van der Waals surface area contributed by atoms with Gasteiger partial charge < -0.3 is 40.3 Å². The largest absolute Gasteiger partial charge is 0.479 e. The first-order valence-corrected chi connectivity index (χ1v) is 7.37. The molecule has 9 heteroatoms. The van der Waals surface area contributed by atoms with E-state index >= 15 is 0 Å². The molecule has 2 rings (SSSR count). The van der Waals surface area contributed by atoms with Crippen LogP contribution in [0.2, 0.25) is 0 Å². The summed E-state index contributed by atoms with van der Waals surface area (Å²) in [5.74, 6) is -1.28. The molecule has 0 aliphatic carbocycles. The van der Waals surface area contributed by atoms with Crippen LogP contribution in [-0.4, -0.2) is 75.8 Å². The molecule has 1 heterocycles. The van der Waals surface area contributed by atoms with Gasteiger partial charge in [-0.1, -0.05) is 12.1 Å². The molecule has 1 aromatic carbocycles. The van der Waals surface area contributed by atoms with Crippen molar-refractivity contribution in [3.05, 3.63) is 29.8 Å². The molecule has 134 valence electrons. The van der Waals surface area contributed by atoms with E-state index in [0.29, 0.717) is 12.1 Å². The summed E-state index contributed by atoms with van der Waals surface area (Å²) in [4.78, 5) is 11.1. The van der Waals surface area contributed by atoms with Crippen LogP contribution in [0.15, 0.2) is 24.3 Å². The molecule has 0 amide bonds. The highest BCUT2D eigenvalue weighted by atomic mass is 16.7. The molecule has 0 bridgehead atoms. The molecule has 1 saturated heterocycles. The Morgan fingerprint density at radius 3 is 2.62 bits per heavy atom. The van der Waals surface area contributed by atoms with E-state index in [1.165, 1.54) is 12.1 Å². The number of carboxylic acid groups (broad SMARTS) is 1. The van der Waals surface area contributed by atoms with Crippen LogP contribution in [0.25, 0.3) is 0 Å². The zero-order chi connectivity index (χ0) is 17.9. The predicted molar refractivity (Wildman–Crippen MR) is 80.3 cm³/mol. The molecule has 1 aliphatic rings. The van der Waals surface area contributed by atoms with Gasteiger partial charge in [-0.05, 0) is 24.7 Å². The third-order valence-electron chi connectivity index (χ3n) is 3.71. The van der Waals surface area contributed by atoms with Crippen molar-refractivity contribution >= 4 is 5.97 Å². The number of aliphatic hydroxyl groups is 4. The highest BCUT2D eigenvalue weighted by Crippen LogP contribution is 2.26. The summed E-state index contributed by atoms with van der Waals surface area (Å²) in [6.07, 6.45) is -9.15. The van der Waals surface area contributed by atoms with Crippen molar-refractivity contribution in [1.82, 2.24) is 5.32 Å². The molecule has 0 radical (unpaired) electrons. The van der Waals surface area contributed by atoms with E-state index in [2.05, 4.69) is 5.32 Å². The number of ether oxygens (including phenoxy) is 2. The normalized spacial score (nSPS) is 31.5. The number of hydrogen-bond donors (Lipinski definition) is 6. The number of benzene rings is 1. The monoisotopic (exact) mass is 343 g/mol. The minimum Gasteiger partial charge on any atom is -0.479 e. The third-order valence-corrected chi connectivity index (χ3v) is 3.71. The van der Waals surface area contributed by atoms with Crippen molar-refractivity contribution < 1.29 is 39.8 Å². The van der Waals surface area contributed by atoms with Crippen LogP contribution < -0.4 is 10.1 Å². The quantitative estimate of drug-likeness (QED) is 0.352. The van der Waals surface area contributed by atoms with Crippen LogP contribution in [0.4, 0.5) is 0 Å². The lowest BCUT2D eigenvalue weighted by Crippen LogP contribution is -2.61. The molecular formula is C15H21NO8. The van der Waals surface area contributed by atoms with E-state index in [1.54, 1.807) is 19.2 Å². The first-order valence-electron chi connectivity index (χ1n) is 7.37. The van der Waals surface area contributed by atoms with Gasteiger partial charge in [0, 0.05) is 6.54 Å². The van der Waals surface area contributed by atoms with E-state index < -0.39 is 42.8 Å². The van der Waals surface area contributed by atoms with Crippen molar-refractivity contribution in [2.75, 3.05) is 13.6 Å². The second-order valence-corrected chi connectivity index (χ2v) is 5.50. The highest BCUT2D eigenvalue weighted by molar-refractivity contribution is 5.73. The molecule has 24 heavy (non-hydrogen) atoms. The van der Waals surface area contributed by atoms with Crippen molar-refractivity contribution in [3.63, 3.8) is 0 Å². The van der Waals surface area contributed by atoms with E-state index in [1.807, 2.05) is 0 Å². The van der Waals surface area contributed by atoms with E-state index in [-0.39, 0.29) is 5.75 Å². The number of nitrogens with one attached hydrogen (secondary N) is 1. The Hall–Kier alpha value is -1.75. The Labute approximate surface area is 138 Å². The predicted octanol–water partition coefficient (Wildman–Crippen LogP) is -1.79. The van der Waals surface area contributed by atoms with Gasteiger partial charge in [-0.25, -0.2) is 4.79 Å². The van der Waals surface area contributed by atoms with Crippen LogP contribution in [0.1, 0.15) is 11.7 Å². The fourth-order valence-corrected chi connectivity index (χ4v) is 2.39. The van der Waals surface area contributed by atoms with Gasteiger partial charge in [0.05, 0.1) is 6.10 Å². The smallest absolute Gasteiger partial charge is 0.335 e. The third kappa shape index (κ3) is 4.01. The summed E-state index contributed by atoms with van der Waals surface area (Å²) < 4.78 is 10.4. The Morgan fingerprint density at radius 1 is 1.29 bits per heavy atom. The molecular weight excluding hydrogens is 322 g/mol. The first-order chi connectivity index (χ1) is 11.3. The fraction of sp³-hybridized carbons (Fsp3) is 0.533. The van der Waals surface area contributed by atoms with Crippen LogP contribution in [0.5, 0.6) is 5.75 Å². The van der Waals surface area contributed by atoms with Crippen LogP contribution in [-0.2, 0) is 9.53 Å². The summed E-state index contributed by atoms with van der Waals surface area (Å²) in [5.41, 5.74) is 0.544. The number of carboxylic acids is 1. The summed E-state index contributed by atoms with van der Waals surface area (Å²) in [6, 6.07) is 6.31. The molecule has 0 aromatic heterocycles. The maximum Gasteiger partial charge on any atom is 0.335 e. The Kier molecular flexibility index (Phi) is 6.10. The highest BCUT2D eigenvalue weighted by Gasteiger charge is 2.48. The molecule has 6 atom stereocenters. The number of rotatable bonds is 6. The van der Waals surface area contributed by atoms with Crippen molar-refractivity contribution in [1.29, 1.82) is 0 Å². The first kappa shape index (κ1) is 18.6. The van der Waals surface area contributed by atoms with E-state index in [9.17, 15) is 25.2 Å². The topological polar surface area (TPSA) is 149 Å². The molecule has 1 fully saturated rings. The van der Waals surface area contributed by atoms with Gasteiger partial charge in [-0.3, -0.25) is 0 Å². The maximum absolute atomic E-state index is 11.1. The number of carbonyl (C=O) groups is 1. The summed E-state index contributed by atoms with van der Waals surface area (Å²) in [6.45, 7) is 0.317. The number of aliphatic hydroxyl groups excluding tert-OH is 4. The fourth-order valence-electron chi connectivity index (χ4n) is 2.39. The minimum atomic E-state index is -1.78. The second kappa shape index (κ2) is 7.88. The zero-order valence-electron chi connectivity index (χ0n) is 12.9. The van der Waals surface area contributed by atoms with Gasteiger partial charge in [-0.2, -0.15) is 0 Å². The molecule has 1 aliphatic heterocycles. The van der Waals surface area contributed by atoms with Crippen molar-refractivity contribution in [2.45, 2.75) is 36.8 Å². The van der Waals surface area contributed by atoms with Crippen molar-refractivity contribution in [2.24, 2.45) is 0 Å². The number of hydrogen-bond acceptors (Lipinski definition) is 8. The van der Waals surface area contributed by atoms with Gasteiger partial charge in [0.2, 0.25) is 6.29 Å². The van der Waals surface area contributed by atoms with Gasteiger partial charge in [0.15, 0.2) is 6.10 Å². The van der Waals surface area contributed by atoms with Crippen molar-refractivity contribution in [3.8, 4) is 5.75 Å². The second-order valence-electron chi connectivity index (χ2n) is 5.50.